The highest BCUT2D eigenvalue weighted by Crippen LogP contribution is 2.25. The van der Waals surface area contributed by atoms with Gasteiger partial charge in [0.25, 0.3) is 0 Å². The molecule has 0 aliphatic heterocycles. The molecule has 3 N–H and O–H groups in total. The average Bonchev–Trinajstić information content (AvgIpc) is 2.46. The lowest BCUT2D eigenvalue weighted by Gasteiger charge is -2.25. The maximum atomic E-state index is 11.5. The van der Waals surface area contributed by atoms with Crippen LogP contribution in [0.25, 0.3) is 0 Å². The number of unbranched alkanes of at least 4 members (excludes halogenated alkanes) is 6. The van der Waals surface area contributed by atoms with E-state index in [4.69, 9.17) is 5.73 Å². The van der Waals surface area contributed by atoms with Crippen molar-refractivity contribution in [2.24, 2.45) is 5.73 Å². The van der Waals surface area contributed by atoms with Crippen LogP contribution in [0.1, 0.15) is 63.9 Å². The van der Waals surface area contributed by atoms with Crippen LogP contribution < -0.4 is 5.73 Å². The minimum absolute atomic E-state index is 0. The number of aliphatic carboxylic acids is 1. The van der Waals surface area contributed by atoms with Crippen molar-refractivity contribution in [1.29, 1.82) is 0 Å². The highest BCUT2D eigenvalue weighted by atomic mass is 35.5. The number of rotatable bonds is 10. The van der Waals surface area contributed by atoms with Crippen LogP contribution in [0.4, 0.5) is 0 Å². The summed E-state index contributed by atoms with van der Waals surface area (Å²) < 4.78 is 0. The number of carboxylic acids is 1. The van der Waals surface area contributed by atoms with E-state index in [1.165, 1.54) is 32.1 Å². The Morgan fingerprint density at radius 3 is 2.10 bits per heavy atom. The monoisotopic (exact) mass is 313 g/mol. The second-order valence-corrected chi connectivity index (χ2v) is 5.51. The predicted octanol–water partition coefficient (Wildman–Crippen LogP) is 4.49. The van der Waals surface area contributed by atoms with Crippen molar-refractivity contribution in [3.8, 4) is 0 Å². The molecular weight excluding hydrogens is 286 g/mol. The lowest BCUT2D eigenvalue weighted by Crippen LogP contribution is -2.44. The highest BCUT2D eigenvalue weighted by molar-refractivity contribution is 5.85. The molecule has 1 rings (SSSR count). The van der Waals surface area contributed by atoms with Crippen molar-refractivity contribution in [3.05, 3.63) is 35.9 Å². The van der Waals surface area contributed by atoms with Gasteiger partial charge in [0.15, 0.2) is 0 Å². The fourth-order valence-corrected chi connectivity index (χ4v) is 2.47. The summed E-state index contributed by atoms with van der Waals surface area (Å²) in [5.41, 5.74) is 5.57. The molecule has 0 amide bonds. The van der Waals surface area contributed by atoms with Crippen LogP contribution in [-0.4, -0.2) is 11.1 Å². The van der Waals surface area contributed by atoms with Crippen molar-refractivity contribution in [1.82, 2.24) is 0 Å². The highest BCUT2D eigenvalue weighted by Gasteiger charge is 2.35. The van der Waals surface area contributed by atoms with E-state index in [-0.39, 0.29) is 12.4 Å². The second kappa shape index (κ2) is 10.6. The van der Waals surface area contributed by atoms with Crippen LogP contribution in [0.3, 0.4) is 0 Å². The first kappa shape index (κ1) is 19.9. The Kier molecular flexibility index (Phi) is 10.1. The van der Waals surface area contributed by atoms with Crippen molar-refractivity contribution in [2.45, 2.75) is 63.8 Å². The van der Waals surface area contributed by atoms with E-state index < -0.39 is 11.5 Å². The molecule has 1 unspecified atom stereocenters. The summed E-state index contributed by atoms with van der Waals surface area (Å²) in [4.78, 5) is 11.5. The van der Waals surface area contributed by atoms with E-state index in [1.807, 2.05) is 18.2 Å². The lowest BCUT2D eigenvalue weighted by atomic mass is 9.85. The largest absolute Gasteiger partial charge is 0.480 e. The fourth-order valence-electron chi connectivity index (χ4n) is 2.47. The topological polar surface area (TPSA) is 63.3 Å². The molecule has 1 aromatic carbocycles. The molecule has 0 aromatic heterocycles. The Labute approximate surface area is 134 Å². The van der Waals surface area contributed by atoms with E-state index in [1.54, 1.807) is 12.1 Å². The van der Waals surface area contributed by atoms with Gasteiger partial charge in [-0.15, -0.1) is 12.4 Å². The molecule has 21 heavy (non-hydrogen) atoms. The minimum Gasteiger partial charge on any atom is -0.480 e. The van der Waals surface area contributed by atoms with Crippen molar-refractivity contribution in [3.63, 3.8) is 0 Å². The summed E-state index contributed by atoms with van der Waals surface area (Å²) in [5.74, 6) is -0.935. The summed E-state index contributed by atoms with van der Waals surface area (Å²) >= 11 is 0. The normalized spacial score (nSPS) is 13.2. The first-order valence-corrected chi connectivity index (χ1v) is 7.69. The molecule has 3 nitrogen and oxygen atoms in total. The van der Waals surface area contributed by atoms with Gasteiger partial charge in [-0.1, -0.05) is 82.2 Å². The van der Waals surface area contributed by atoms with E-state index in [9.17, 15) is 9.90 Å². The Bertz CT molecular complexity index is 397. The van der Waals surface area contributed by atoms with E-state index in [0.29, 0.717) is 12.0 Å². The average molecular weight is 314 g/mol. The number of halogens is 1. The summed E-state index contributed by atoms with van der Waals surface area (Å²) in [6, 6.07) is 9.15. The molecule has 0 spiro atoms. The third kappa shape index (κ3) is 6.49. The standard InChI is InChI=1S/C17H27NO2.ClH/c1-2-3-4-5-6-7-11-14-17(18,16(19)20)15-12-9-8-10-13-15;/h8-10,12-13H,2-7,11,14,18H2,1H3,(H,19,20);1H. The summed E-state index contributed by atoms with van der Waals surface area (Å²) in [6.07, 6.45) is 8.65. The molecule has 0 saturated carbocycles. The molecule has 1 atom stereocenters. The number of carboxylic acid groups (broad SMARTS) is 1. The van der Waals surface area contributed by atoms with E-state index in [2.05, 4.69) is 6.92 Å². The minimum atomic E-state index is -1.25. The maximum Gasteiger partial charge on any atom is 0.328 e. The zero-order valence-corrected chi connectivity index (χ0v) is 13.7. The Morgan fingerprint density at radius 1 is 1.05 bits per heavy atom. The Hall–Kier alpha value is -1.06. The summed E-state index contributed by atoms with van der Waals surface area (Å²) in [6.45, 7) is 2.20. The first-order valence-electron chi connectivity index (χ1n) is 7.69. The smallest absolute Gasteiger partial charge is 0.328 e. The molecule has 0 radical (unpaired) electrons. The molecule has 0 bridgehead atoms. The third-order valence-electron chi connectivity index (χ3n) is 3.85. The van der Waals surface area contributed by atoms with Crippen molar-refractivity contribution >= 4 is 18.4 Å². The molecule has 120 valence electrons. The molecule has 0 aliphatic carbocycles. The van der Waals surface area contributed by atoms with Crippen LogP contribution in [0.2, 0.25) is 0 Å². The van der Waals surface area contributed by atoms with Gasteiger partial charge in [0.2, 0.25) is 0 Å². The zero-order chi connectivity index (χ0) is 14.8. The number of nitrogens with two attached hydrogens (primary N) is 1. The lowest BCUT2D eigenvalue weighted by molar-refractivity contribution is -0.144. The molecule has 0 saturated heterocycles. The van der Waals surface area contributed by atoms with Gasteiger partial charge in [-0.25, -0.2) is 4.79 Å². The predicted molar refractivity (Wildman–Crippen MR) is 89.8 cm³/mol. The third-order valence-corrected chi connectivity index (χ3v) is 3.85. The van der Waals surface area contributed by atoms with Crippen LogP contribution in [0.5, 0.6) is 0 Å². The molecule has 1 aromatic rings. The van der Waals surface area contributed by atoms with E-state index in [0.717, 1.165) is 12.8 Å². The number of benzene rings is 1. The summed E-state index contributed by atoms with van der Waals surface area (Å²) in [5, 5.41) is 9.43. The van der Waals surface area contributed by atoms with Gasteiger partial charge in [0, 0.05) is 0 Å². The first-order chi connectivity index (χ1) is 9.61. The zero-order valence-electron chi connectivity index (χ0n) is 12.9. The molecule has 0 aliphatic rings. The van der Waals surface area contributed by atoms with Gasteiger partial charge in [-0.3, -0.25) is 0 Å². The number of carbonyl (C=O) groups is 1. The van der Waals surface area contributed by atoms with E-state index >= 15 is 0 Å². The fraction of sp³-hybridized carbons (Fsp3) is 0.588. The summed E-state index contributed by atoms with van der Waals surface area (Å²) in [7, 11) is 0. The van der Waals surface area contributed by atoms with Gasteiger partial charge < -0.3 is 10.8 Å². The van der Waals surface area contributed by atoms with Gasteiger partial charge in [0.1, 0.15) is 5.54 Å². The Morgan fingerprint density at radius 2 is 1.57 bits per heavy atom. The van der Waals surface area contributed by atoms with Crippen LogP contribution >= 0.6 is 12.4 Å². The van der Waals surface area contributed by atoms with Gasteiger partial charge in [-0.2, -0.15) is 0 Å². The molecule has 0 fully saturated rings. The number of hydrogen-bond donors (Lipinski definition) is 2. The quantitative estimate of drug-likeness (QED) is 0.626. The molecule has 4 heteroatoms. The van der Waals surface area contributed by atoms with Crippen molar-refractivity contribution < 1.29 is 9.90 Å². The van der Waals surface area contributed by atoms with Crippen LogP contribution in [0, 0.1) is 0 Å². The molecule has 0 heterocycles. The SMILES string of the molecule is CCCCCCCCCC(N)(C(=O)O)c1ccccc1.Cl. The van der Waals surface area contributed by atoms with Gasteiger partial charge >= 0.3 is 5.97 Å². The van der Waals surface area contributed by atoms with Gasteiger partial charge in [0.05, 0.1) is 0 Å². The van der Waals surface area contributed by atoms with Crippen LogP contribution in [0.15, 0.2) is 30.3 Å². The van der Waals surface area contributed by atoms with Crippen molar-refractivity contribution in [2.75, 3.05) is 0 Å². The Balaban J connectivity index is 0.00000400. The second-order valence-electron chi connectivity index (χ2n) is 5.51. The van der Waals surface area contributed by atoms with Crippen LogP contribution in [-0.2, 0) is 10.3 Å². The number of hydrogen-bond acceptors (Lipinski definition) is 2. The van der Waals surface area contributed by atoms with Gasteiger partial charge in [-0.05, 0) is 12.0 Å². The maximum absolute atomic E-state index is 11.5. The molecular formula is C17H28ClNO2.